The lowest BCUT2D eigenvalue weighted by Gasteiger charge is -2.10. The number of nitrogens with one attached hydrogen (secondary N) is 1. The highest BCUT2D eigenvalue weighted by Gasteiger charge is 2.19. The summed E-state index contributed by atoms with van der Waals surface area (Å²) >= 11 is 0. The van der Waals surface area contributed by atoms with Crippen LogP contribution in [0.2, 0.25) is 0 Å². The summed E-state index contributed by atoms with van der Waals surface area (Å²) in [6, 6.07) is 1.81. The fraction of sp³-hybridized carbons (Fsp3) is 0.583. The second-order valence-corrected chi connectivity index (χ2v) is 3.99. The predicted octanol–water partition coefficient (Wildman–Crippen LogP) is 1.30. The number of carbonyl (C=O) groups is 1. The first-order chi connectivity index (χ1) is 8.79. The number of anilines is 1. The van der Waals surface area contributed by atoms with Gasteiger partial charge in [-0.2, -0.15) is 0 Å². The Hall–Kier alpha value is -1.69. The molecule has 1 fully saturated rings. The van der Waals surface area contributed by atoms with E-state index in [4.69, 9.17) is 9.47 Å². The Kier molecular flexibility index (Phi) is 4.46. The molecule has 0 amide bonds. The molecule has 6 heteroatoms. The van der Waals surface area contributed by atoms with Crippen molar-refractivity contribution in [1.82, 2.24) is 9.97 Å². The molecule has 0 spiro atoms. The minimum Gasteiger partial charge on any atom is -0.465 e. The quantitative estimate of drug-likeness (QED) is 0.795. The van der Waals surface area contributed by atoms with E-state index in [0.717, 1.165) is 25.1 Å². The van der Waals surface area contributed by atoms with Gasteiger partial charge in [-0.1, -0.05) is 0 Å². The maximum Gasteiger partial charge on any atom is 0.325 e. The first-order valence-electron chi connectivity index (χ1n) is 6.12. The van der Waals surface area contributed by atoms with Crippen LogP contribution in [-0.4, -0.2) is 35.7 Å². The van der Waals surface area contributed by atoms with E-state index < -0.39 is 0 Å². The van der Waals surface area contributed by atoms with Gasteiger partial charge in [-0.15, -0.1) is 0 Å². The van der Waals surface area contributed by atoms with E-state index in [2.05, 4.69) is 15.3 Å². The lowest BCUT2D eigenvalue weighted by Crippen LogP contribution is -2.17. The highest BCUT2D eigenvalue weighted by Crippen LogP contribution is 2.27. The number of hydrogen-bond donors (Lipinski definition) is 1. The van der Waals surface area contributed by atoms with Crippen LogP contribution >= 0.6 is 0 Å². The lowest BCUT2D eigenvalue weighted by molar-refractivity contribution is -0.140. The van der Waals surface area contributed by atoms with Crippen LogP contribution in [0.1, 0.15) is 31.6 Å². The summed E-state index contributed by atoms with van der Waals surface area (Å²) in [6.45, 7) is 3.04. The number of ether oxygens (including phenoxy) is 2. The van der Waals surface area contributed by atoms with E-state index in [1.807, 2.05) is 6.07 Å². The van der Waals surface area contributed by atoms with Crippen molar-refractivity contribution in [3.8, 4) is 0 Å². The van der Waals surface area contributed by atoms with Crippen LogP contribution in [0.15, 0.2) is 12.4 Å². The first kappa shape index (κ1) is 12.8. The number of aromatic nitrogens is 2. The zero-order chi connectivity index (χ0) is 12.8. The molecule has 0 bridgehead atoms. The molecule has 0 aromatic carbocycles. The van der Waals surface area contributed by atoms with Crippen LogP contribution in [-0.2, 0) is 14.3 Å². The summed E-state index contributed by atoms with van der Waals surface area (Å²) in [6.07, 6.45) is 3.56. The predicted molar refractivity (Wildman–Crippen MR) is 65.1 cm³/mol. The second kappa shape index (κ2) is 6.30. The smallest absolute Gasteiger partial charge is 0.325 e. The zero-order valence-corrected chi connectivity index (χ0v) is 10.4. The Labute approximate surface area is 106 Å². The molecule has 6 nitrogen and oxygen atoms in total. The number of hydrogen-bond acceptors (Lipinski definition) is 6. The molecule has 1 aromatic heterocycles. The normalized spacial score (nSPS) is 18.6. The third-order valence-electron chi connectivity index (χ3n) is 2.67. The van der Waals surface area contributed by atoms with E-state index in [-0.39, 0.29) is 18.6 Å². The van der Waals surface area contributed by atoms with Crippen molar-refractivity contribution < 1.29 is 14.3 Å². The van der Waals surface area contributed by atoms with Crippen LogP contribution in [0.5, 0.6) is 0 Å². The summed E-state index contributed by atoms with van der Waals surface area (Å²) in [5, 5.41) is 2.91. The van der Waals surface area contributed by atoms with Gasteiger partial charge in [-0.05, 0) is 19.8 Å². The van der Waals surface area contributed by atoms with E-state index >= 15 is 0 Å². The Morgan fingerprint density at radius 3 is 3.22 bits per heavy atom. The van der Waals surface area contributed by atoms with Gasteiger partial charge < -0.3 is 14.8 Å². The molecule has 18 heavy (non-hydrogen) atoms. The fourth-order valence-corrected chi connectivity index (χ4v) is 1.83. The molecule has 1 aromatic rings. The molecular weight excluding hydrogens is 234 g/mol. The maximum atomic E-state index is 11.2. The average Bonchev–Trinajstić information content (AvgIpc) is 2.91. The third kappa shape index (κ3) is 3.40. The summed E-state index contributed by atoms with van der Waals surface area (Å²) in [4.78, 5) is 19.5. The van der Waals surface area contributed by atoms with E-state index in [0.29, 0.717) is 12.4 Å². The minimum absolute atomic E-state index is 0.0520. The standard InChI is InChI=1S/C12H17N3O3/c1-2-17-12(16)7-13-11-6-9(14-8-15-11)10-4-3-5-18-10/h6,8,10H,2-5,7H2,1H3,(H,13,14,15). The average molecular weight is 251 g/mol. The van der Waals surface area contributed by atoms with Crippen molar-refractivity contribution >= 4 is 11.8 Å². The Morgan fingerprint density at radius 2 is 2.50 bits per heavy atom. The topological polar surface area (TPSA) is 73.3 Å². The molecule has 1 aliphatic heterocycles. The zero-order valence-electron chi connectivity index (χ0n) is 10.4. The van der Waals surface area contributed by atoms with Gasteiger partial charge in [0.15, 0.2) is 0 Å². The lowest BCUT2D eigenvalue weighted by atomic mass is 10.2. The van der Waals surface area contributed by atoms with Gasteiger partial charge >= 0.3 is 5.97 Å². The first-order valence-corrected chi connectivity index (χ1v) is 6.12. The maximum absolute atomic E-state index is 11.2. The van der Waals surface area contributed by atoms with Gasteiger partial charge in [0.1, 0.15) is 18.7 Å². The SMILES string of the molecule is CCOC(=O)CNc1cc(C2CCCO2)ncn1. The van der Waals surface area contributed by atoms with Crippen LogP contribution in [0.3, 0.4) is 0 Å². The van der Waals surface area contributed by atoms with E-state index in [1.165, 1.54) is 6.33 Å². The Bertz CT molecular complexity index is 405. The van der Waals surface area contributed by atoms with Crippen molar-refractivity contribution in [3.05, 3.63) is 18.1 Å². The number of esters is 1. The number of nitrogens with zero attached hydrogens (tertiary/aromatic N) is 2. The molecule has 1 atom stereocenters. The van der Waals surface area contributed by atoms with Gasteiger partial charge in [-0.25, -0.2) is 9.97 Å². The van der Waals surface area contributed by atoms with Crippen LogP contribution < -0.4 is 5.32 Å². The van der Waals surface area contributed by atoms with Crippen LogP contribution in [0.25, 0.3) is 0 Å². The minimum atomic E-state index is -0.297. The van der Waals surface area contributed by atoms with Crippen molar-refractivity contribution in [2.75, 3.05) is 25.1 Å². The highest BCUT2D eigenvalue weighted by molar-refractivity contribution is 5.74. The summed E-state index contributed by atoms with van der Waals surface area (Å²) in [7, 11) is 0. The van der Waals surface area contributed by atoms with Crippen molar-refractivity contribution in [2.45, 2.75) is 25.9 Å². The van der Waals surface area contributed by atoms with Gasteiger partial charge in [0.25, 0.3) is 0 Å². The molecule has 0 radical (unpaired) electrons. The summed E-state index contributed by atoms with van der Waals surface area (Å²) in [5.41, 5.74) is 0.855. The Balaban J connectivity index is 1.92. The molecule has 1 N–H and O–H groups in total. The van der Waals surface area contributed by atoms with Gasteiger partial charge in [0.05, 0.1) is 18.4 Å². The molecule has 2 heterocycles. The highest BCUT2D eigenvalue weighted by atomic mass is 16.5. The molecular formula is C12H17N3O3. The van der Waals surface area contributed by atoms with E-state index in [9.17, 15) is 4.79 Å². The van der Waals surface area contributed by atoms with Gasteiger partial charge in [-0.3, -0.25) is 4.79 Å². The molecule has 1 aliphatic rings. The van der Waals surface area contributed by atoms with Crippen molar-refractivity contribution in [1.29, 1.82) is 0 Å². The Morgan fingerprint density at radius 1 is 1.61 bits per heavy atom. The molecule has 0 saturated carbocycles. The summed E-state index contributed by atoms with van der Waals surface area (Å²) < 4.78 is 10.4. The molecule has 0 aliphatic carbocycles. The fourth-order valence-electron chi connectivity index (χ4n) is 1.83. The number of rotatable bonds is 5. The van der Waals surface area contributed by atoms with Crippen LogP contribution in [0.4, 0.5) is 5.82 Å². The van der Waals surface area contributed by atoms with E-state index in [1.54, 1.807) is 6.92 Å². The monoisotopic (exact) mass is 251 g/mol. The molecule has 1 unspecified atom stereocenters. The second-order valence-electron chi connectivity index (χ2n) is 3.99. The summed E-state index contributed by atoms with van der Waals surface area (Å²) in [5.74, 6) is 0.318. The van der Waals surface area contributed by atoms with Crippen molar-refractivity contribution in [3.63, 3.8) is 0 Å². The van der Waals surface area contributed by atoms with Crippen LogP contribution in [0, 0.1) is 0 Å². The molecule has 1 saturated heterocycles. The number of carbonyl (C=O) groups excluding carboxylic acids is 1. The third-order valence-corrected chi connectivity index (χ3v) is 2.67. The molecule has 2 rings (SSSR count). The van der Waals surface area contributed by atoms with Gasteiger partial charge in [0.2, 0.25) is 0 Å². The van der Waals surface area contributed by atoms with Gasteiger partial charge in [0, 0.05) is 12.7 Å². The largest absolute Gasteiger partial charge is 0.465 e. The molecule has 98 valence electrons. The van der Waals surface area contributed by atoms with Crippen molar-refractivity contribution in [2.24, 2.45) is 0 Å².